The van der Waals surface area contributed by atoms with Crippen LogP contribution in [0.4, 0.5) is 0 Å². The number of aromatic nitrogens is 2. The number of hydrogen-bond acceptors (Lipinski definition) is 2. The lowest BCUT2D eigenvalue weighted by atomic mass is 9.96. The van der Waals surface area contributed by atoms with Crippen LogP contribution in [0.15, 0.2) is 176 Å². The molecule has 7 aromatic carbocycles. The Balaban J connectivity index is 1.40. The van der Waals surface area contributed by atoms with E-state index in [1.807, 2.05) is 78.9 Å². The number of fused-ring (bicyclic) bond motifs is 7. The van der Waals surface area contributed by atoms with Crippen LogP contribution in [0.5, 0.6) is 0 Å². The van der Waals surface area contributed by atoms with Crippen LogP contribution in [0.25, 0.3) is 60.4 Å². The first-order chi connectivity index (χ1) is 23.2. The number of hydrogen-bond donors (Lipinski definition) is 0. The van der Waals surface area contributed by atoms with Crippen molar-refractivity contribution in [1.29, 1.82) is 0 Å². The van der Waals surface area contributed by atoms with E-state index in [1.54, 1.807) is 0 Å². The fourth-order valence-electron chi connectivity index (χ4n) is 7.14. The van der Waals surface area contributed by atoms with Crippen LogP contribution in [0.3, 0.4) is 0 Å². The van der Waals surface area contributed by atoms with E-state index in [-0.39, 0.29) is 0 Å². The first-order valence-electron chi connectivity index (χ1n) is 15.8. The third-order valence-corrected chi connectivity index (χ3v) is 12.3. The smallest absolute Gasteiger partial charge is 0.171 e. The first-order valence-corrected chi connectivity index (χ1v) is 17.5. The molecule has 0 N–H and O–H groups in total. The molecule has 0 fully saturated rings. The topological polar surface area (TPSA) is 34.9 Å². The minimum atomic E-state index is -3.19. The van der Waals surface area contributed by atoms with Crippen molar-refractivity contribution >= 4 is 66.5 Å². The van der Waals surface area contributed by atoms with Crippen LogP contribution in [-0.2, 0) is 4.57 Å². The average Bonchev–Trinajstić information content (AvgIpc) is 3.50. The number of pyridine rings is 1. The van der Waals surface area contributed by atoms with Crippen LogP contribution in [-0.4, -0.2) is 9.55 Å². The predicted molar refractivity (Wildman–Crippen MR) is 198 cm³/mol. The molecule has 0 aliphatic rings. The molecule has 0 aliphatic heterocycles. The second-order valence-corrected chi connectivity index (χ2v) is 14.6. The van der Waals surface area contributed by atoms with Crippen molar-refractivity contribution in [3.8, 4) is 16.9 Å². The summed E-state index contributed by atoms with van der Waals surface area (Å²) < 4.78 is 17.7. The number of para-hydroxylation sites is 3. The van der Waals surface area contributed by atoms with Gasteiger partial charge < -0.3 is 9.13 Å². The molecule has 0 unspecified atom stereocenters. The van der Waals surface area contributed by atoms with Gasteiger partial charge in [-0.05, 0) is 41.8 Å². The van der Waals surface area contributed by atoms with Gasteiger partial charge in [-0.25, -0.2) is 4.98 Å². The molecular formula is C43H29N2OP. The Labute approximate surface area is 272 Å². The lowest BCUT2D eigenvalue weighted by molar-refractivity contribution is 0.592. The summed E-state index contributed by atoms with van der Waals surface area (Å²) in [5, 5.41) is 8.10. The Morgan fingerprint density at radius 3 is 1.77 bits per heavy atom. The molecule has 0 atom stereocenters. The second kappa shape index (κ2) is 10.9. The molecule has 9 aromatic rings. The van der Waals surface area contributed by atoms with Gasteiger partial charge in [-0.15, -0.1) is 0 Å². The Bertz CT molecular complexity index is 2600. The number of benzene rings is 7. The standard InChI is InChI=1S/C43H29N2OP/c46-47(32-18-6-2-7-19-32,33-20-8-3-9-21-33)34-22-14-15-30(29-34)43-42-36(35-23-10-12-25-38(35)44-43)27-28-40-41(42)37-24-11-13-26-39(37)45(40)31-16-4-1-5-17-31/h1-29H. The molecule has 0 saturated carbocycles. The fourth-order valence-corrected chi connectivity index (χ4v) is 9.84. The Morgan fingerprint density at radius 1 is 0.447 bits per heavy atom. The molecule has 9 rings (SSSR count). The second-order valence-electron chi connectivity index (χ2n) is 11.9. The summed E-state index contributed by atoms with van der Waals surface area (Å²) in [5.74, 6) is 0. The summed E-state index contributed by atoms with van der Waals surface area (Å²) >= 11 is 0. The summed E-state index contributed by atoms with van der Waals surface area (Å²) in [6.07, 6.45) is 0. The molecule has 0 saturated heterocycles. The summed E-state index contributed by atoms with van der Waals surface area (Å²) in [7, 11) is -3.19. The molecule has 0 amide bonds. The van der Waals surface area contributed by atoms with Gasteiger partial charge in [0.1, 0.15) is 0 Å². The van der Waals surface area contributed by atoms with Gasteiger partial charge >= 0.3 is 0 Å². The van der Waals surface area contributed by atoms with Crippen molar-refractivity contribution in [2.45, 2.75) is 0 Å². The third-order valence-electron chi connectivity index (χ3n) is 9.24. The quantitative estimate of drug-likeness (QED) is 0.142. The SMILES string of the molecule is O=P(c1ccccc1)(c1ccccc1)c1cccc(-c2nc3ccccc3c3ccc4c(c5ccccc5n4-c4ccccc4)c23)c1. The summed E-state index contributed by atoms with van der Waals surface area (Å²) in [6.45, 7) is 0. The minimum absolute atomic E-state index is 0.786. The van der Waals surface area contributed by atoms with Gasteiger partial charge in [0.2, 0.25) is 0 Å². The Morgan fingerprint density at radius 2 is 1.04 bits per heavy atom. The van der Waals surface area contributed by atoms with E-state index in [0.29, 0.717) is 0 Å². The van der Waals surface area contributed by atoms with E-state index in [2.05, 4.69) is 102 Å². The average molecular weight is 621 g/mol. The van der Waals surface area contributed by atoms with Crippen LogP contribution < -0.4 is 15.9 Å². The molecular weight excluding hydrogens is 591 g/mol. The van der Waals surface area contributed by atoms with Gasteiger partial charge in [0, 0.05) is 48.7 Å². The van der Waals surface area contributed by atoms with Crippen LogP contribution in [0, 0.1) is 0 Å². The van der Waals surface area contributed by atoms with Gasteiger partial charge in [-0.1, -0.05) is 140 Å². The van der Waals surface area contributed by atoms with E-state index < -0.39 is 7.14 Å². The van der Waals surface area contributed by atoms with E-state index in [4.69, 9.17) is 4.98 Å². The zero-order valence-electron chi connectivity index (χ0n) is 25.5. The van der Waals surface area contributed by atoms with E-state index in [9.17, 15) is 0 Å². The van der Waals surface area contributed by atoms with Gasteiger partial charge in [-0.3, -0.25) is 0 Å². The van der Waals surface area contributed by atoms with Crippen LogP contribution in [0.2, 0.25) is 0 Å². The largest absolute Gasteiger partial charge is 0.309 e. The maximum atomic E-state index is 15.4. The van der Waals surface area contributed by atoms with E-state index in [0.717, 1.165) is 71.0 Å². The zero-order chi connectivity index (χ0) is 31.4. The van der Waals surface area contributed by atoms with Crippen molar-refractivity contribution in [1.82, 2.24) is 9.55 Å². The maximum absolute atomic E-state index is 15.4. The molecule has 0 bridgehead atoms. The molecule has 0 radical (unpaired) electrons. The molecule has 0 aliphatic carbocycles. The van der Waals surface area contributed by atoms with Crippen LogP contribution in [0.1, 0.15) is 0 Å². The van der Waals surface area contributed by atoms with Crippen molar-refractivity contribution < 1.29 is 4.57 Å². The minimum Gasteiger partial charge on any atom is -0.309 e. The van der Waals surface area contributed by atoms with Gasteiger partial charge in [0.15, 0.2) is 7.14 Å². The molecule has 47 heavy (non-hydrogen) atoms. The predicted octanol–water partition coefficient (Wildman–Crippen LogP) is 9.79. The monoisotopic (exact) mass is 620 g/mol. The van der Waals surface area contributed by atoms with Crippen molar-refractivity contribution in [3.63, 3.8) is 0 Å². The van der Waals surface area contributed by atoms with E-state index in [1.165, 1.54) is 5.39 Å². The lowest BCUT2D eigenvalue weighted by Crippen LogP contribution is -2.25. The Kier molecular flexibility index (Phi) is 6.41. The van der Waals surface area contributed by atoms with Gasteiger partial charge in [-0.2, -0.15) is 0 Å². The normalized spacial score (nSPS) is 11.9. The maximum Gasteiger partial charge on any atom is 0.171 e. The number of nitrogens with zero attached hydrogens (tertiary/aromatic N) is 2. The molecule has 2 heterocycles. The first kappa shape index (κ1) is 27.5. The number of rotatable bonds is 5. The fraction of sp³-hybridized carbons (Fsp3) is 0. The highest BCUT2D eigenvalue weighted by atomic mass is 31.2. The highest BCUT2D eigenvalue weighted by molar-refractivity contribution is 7.85. The van der Waals surface area contributed by atoms with Gasteiger partial charge in [0.05, 0.1) is 22.2 Å². The van der Waals surface area contributed by atoms with E-state index >= 15 is 4.57 Å². The lowest BCUT2D eigenvalue weighted by Gasteiger charge is -2.21. The van der Waals surface area contributed by atoms with Crippen molar-refractivity contribution in [2.75, 3.05) is 0 Å². The Hall–Kier alpha value is -5.76. The van der Waals surface area contributed by atoms with Crippen molar-refractivity contribution in [2.24, 2.45) is 0 Å². The zero-order valence-corrected chi connectivity index (χ0v) is 26.4. The highest BCUT2D eigenvalue weighted by Crippen LogP contribution is 2.45. The summed E-state index contributed by atoms with van der Waals surface area (Å²) in [4.78, 5) is 5.38. The molecule has 4 heteroatoms. The summed E-state index contributed by atoms with van der Waals surface area (Å²) in [5.41, 5.74) is 6.14. The molecule has 0 spiro atoms. The highest BCUT2D eigenvalue weighted by Gasteiger charge is 2.30. The van der Waals surface area contributed by atoms with Crippen molar-refractivity contribution in [3.05, 3.63) is 176 Å². The third kappa shape index (κ3) is 4.28. The molecule has 3 nitrogen and oxygen atoms in total. The van der Waals surface area contributed by atoms with Gasteiger partial charge in [0.25, 0.3) is 0 Å². The summed E-state index contributed by atoms with van der Waals surface area (Å²) in [6, 6.07) is 60.0. The van der Waals surface area contributed by atoms with Crippen LogP contribution >= 0.6 is 7.14 Å². The molecule has 222 valence electrons. The molecule has 2 aromatic heterocycles.